The highest BCUT2D eigenvalue weighted by Gasteiger charge is 2.47. The molecule has 1 N–H and O–H groups in total. The van der Waals surface area contributed by atoms with Gasteiger partial charge in [-0.15, -0.1) is 0 Å². The predicted molar refractivity (Wildman–Crippen MR) is 113 cm³/mol. The van der Waals surface area contributed by atoms with E-state index in [2.05, 4.69) is 5.32 Å². The molecule has 0 saturated heterocycles. The Hall–Kier alpha value is -2.91. The Morgan fingerprint density at radius 1 is 1.00 bits per heavy atom. The first-order chi connectivity index (χ1) is 14.7. The first-order valence-corrected chi connectivity index (χ1v) is 11.2. The van der Waals surface area contributed by atoms with Crippen LogP contribution in [0.15, 0.2) is 40.9 Å². The number of ether oxygens (including phenoxy) is 4. The zero-order chi connectivity index (χ0) is 22.0. The normalized spacial score (nSPS) is 22.3. The van der Waals surface area contributed by atoms with Gasteiger partial charge in [-0.25, -0.2) is 0 Å². The van der Waals surface area contributed by atoms with E-state index in [0.29, 0.717) is 34.3 Å². The van der Waals surface area contributed by atoms with E-state index in [0.717, 1.165) is 11.3 Å². The van der Waals surface area contributed by atoms with Crippen LogP contribution in [0.1, 0.15) is 30.9 Å². The fraction of sp³-hybridized carbons (Fsp3) is 0.364. The van der Waals surface area contributed by atoms with Gasteiger partial charge in [0.15, 0.2) is 11.5 Å². The molecule has 3 aliphatic heterocycles. The van der Waals surface area contributed by atoms with Gasteiger partial charge < -0.3 is 24.3 Å². The molecule has 0 bridgehead atoms. The molecular formula is C22H23NO7S. The molecule has 0 saturated carbocycles. The zero-order valence-corrected chi connectivity index (χ0v) is 18.5. The monoisotopic (exact) mass is 445 g/mol. The third kappa shape index (κ3) is 3.11. The molecule has 9 heteroatoms. The average molecular weight is 445 g/mol. The average Bonchev–Trinajstić information content (AvgIpc) is 3.21. The summed E-state index contributed by atoms with van der Waals surface area (Å²) in [5.74, 6) is 1.66. The van der Waals surface area contributed by atoms with E-state index in [1.807, 2.05) is 38.1 Å². The molecule has 0 spiro atoms. The Balaban J connectivity index is 1.82. The van der Waals surface area contributed by atoms with Crippen molar-refractivity contribution in [1.29, 1.82) is 0 Å². The predicted octanol–water partition coefficient (Wildman–Crippen LogP) is 3.59. The molecule has 164 valence electrons. The summed E-state index contributed by atoms with van der Waals surface area (Å²) in [6.07, 6.45) is 0. The molecule has 0 amide bonds. The standard InChI is InChI=1S/C22H23NO7S/c1-22(2)10-30-31(24,25)20-19(12-5-13(26-3)7-14(6-12)27-4)15-8-17-18(29-11-28-17)9-16(15)23-21(20)22/h5-9,19,23H,10-11H2,1-4H3. The second-order valence-electron chi connectivity index (χ2n) is 8.34. The Morgan fingerprint density at radius 2 is 1.65 bits per heavy atom. The van der Waals surface area contributed by atoms with Crippen LogP contribution in [0.25, 0.3) is 0 Å². The highest BCUT2D eigenvalue weighted by molar-refractivity contribution is 7.90. The van der Waals surface area contributed by atoms with Crippen LogP contribution in [0.3, 0.4) is 0 Å². The molecule has 5 rings (SSSR count). The fourth-order valence-corrected chi connectivity index (χ4v) is 5.95. The molecule has 0 fully saturated rings. The molecule has 0 radical (unpaired) electrons. The largest absolute Gasteiger partial charge is 0.497 e. The van der Waals surface area contributed by atoms with Gasteiger partial charge in [-0.2, -0.15) is 8.42 Å². The lowest BCUT2D eigenvalue weighted by Gasteiger charge is -2.41. The van der Waals surface area contributed by atoms with Gasteiger partial charge in [-0.1, -0.05) is 13.8 Å². The molecule has 2 aromatic carbocycles. The molecule has 3 heterocycles. The summed E-state index contributed by atoms with van der Waals surface area (Å²) >= 11 is 0. The summed E-state index contributed by atoms with van der Waals surface area (Å²) < 4.78 is 53.8. The van der Waals surface area contributed by atoms with Crippen LogP contribution in [0.2, 0.25) is 0 Å². The van der Waals surface area contributed by atoms with Crippen molar-refractivity contribution in [3.63, 3.8) is 0 Å². The van der Waals surface area contributed by atoms with Crippen molar-refractivity contribution in [3.8, 4) is 23.0 Å². The van der Waals surface area contributed by atoms with Crippen molar-refractivity contribution < 1.29 is 31.5 Å². The van der Waals surface area contributed by atoms with Gasteiger partial charge in [0.05, 0.1) is 26.7 Å². The Labute approximate surface area is 180 Å². The maximum Gasteiger partial charge on any atom is 0.295 e. The minimum atomic E-state index is -3.98. The maximum absolute atomic E-state index is 13.2. The van der Waals surface area contributed by atoms with Gasteiger partial charge in [0.2, 0.25) is 6.79 Å². The zero-order valence-electron chi connectivity index (χ0n) is 17.6. The lowest BCUT2D eigenvalue weighted by molar-refractivity contribution is 0.174. The van der Waals surface area contributed by atoms with E-state index in [1.165, 1.54) is 0 Å². The van der Waals surface area contributed by atoms with Crippen LogP contribution in [-0.4, -0.2) is 36.0 Å². The molecular weight excluding hydrogens is 422 g/mol. The van der Waals surface area contributed by atoms with E-state index in [4.69, 9.17) is 23.1 Å². The summed E-state index contributed by atoms with van der Waals surface area (Å²) in [4.78, 5) is 0.186. The molecule has 2 aromatic rings. The van der Waals surface area contributed by atoms with E-state index in [1.54, 1.807) is 20.3 Å². The second kappa shape index (κ2) is 6.80. The van der Waals surface area contributed by atoms with Crippen molar-refractivity contribution in [1.82, 2.24) is 0 Å². The van der Waals surface area contributed by atoms with E-state index in [9.17, 15) is 8.42 Å². The van der Waals surface area contributed by atoms with E-state index < -0.39 is 21.5 Å². The van der Waals surface area contributed by atoms with Crippen LogP contribution >= 0.6 is 0 Å². The van der Waals surface area contributed by atoms with Gasteiger partial charge in [0.1, 0.15) is 16.4 Å². The summed E-state index contributed by atoms with van der Waals surface area (Å²) in [7, 11) is -0.871. The van der Waals surface area contributed by atoms with Crippen molar-refractivity contribution >= 4 is 15.8 Å². The van der Waals surface area contributed by atoms with Crippen LogP contribution < -0.4 is 24.3 Å². The van der Waals surface area contributed by atoms with Gasteiger partial charge in [0, 0.05) is 28.9 Å². The number of nitrogens with one attached hydrogen (secondary N) is 1. The Bertz CT molecular complexity index is 1190. The summed E-state index contributed by atoms with van der Waals surface area (Å²) in [6, 6.07) is 9.05. The second-order valence-corrected chi connectivity index (χ2v) is 9.92. The SMILES string of the molecule is COc1cc(OC)cc(C2C3=C(Nc4cc5c(cc42)OCO5)C(C)(C)COS3(=O)=O)c1. The highest BCUT2D eigenvalue weighted by atomic mass is 32.2. The minimum absolute atomic E-state index is 0.0508. The number of anilines is 1. The number of fused-ring (bicyclic) bond motifs is 2. The first kappa shape index (κ1) is 20.0. The summed E-state index contributed by atoms with van der Waals surface area (Å²) in [5.41, 5.74) is 2.27. The molecule has 0 aliphatic carbocycles. The van der Waals surface area contributed by atoms with Crippen LogP contribution in [0, 0.1) is 5.41 Å². The quantitative estimate of drug-likeness (QED) is 0.717. The highest BCUT2D eigenvalue weighted by Crippen LogP contribution is 2.54. The van der Waals surface area contributed by atoms with Crippen molar-refractivity contribution in [2.75, 3.05) is 32.9 Å². The smallest absolute Gasteiger partial charge is 0.295 e. The van der Waals surface area contributed by atoms with E-state index >= 15 is 0 Å². The third-order valence-corrected chi connectivity index (χ3v) is 7.26. The number of hydrogen-bond donors (Lipinski definition) is 1. The number of benzene rings is 2. The lowest BCUT2D eigenvalue weighted by atomic mass is 9.80. The number of allylic oxidation sites excluding steroid dienone is 1. The number of methoxy groups -OCH3 is 2. The summed E-state index contributed by atoms with van der Waals surface area (Å²) in [6.45, 7) is 4.07. The number of hydrogen-bond acceptors (Lipinski definition) is 8. The topological polar surface area (TPSA) is 92.3 Å². The fourth-order valence-electron chi connectivity index (χ4n) is 4.25. The van der Waals surface area contributed by atoms with Gasteiger partial charge in [-0.05, 0) is 29.3 Å². The third-order valence-electron chi connectivity index (χ3n) is 5.85. The Morgan fingerprint density at radius 3 is 2.29 bits per heavy atom. The van der Waals surface area contributed by atoms with Gasteiger partial charge >= 0.3 is 0 Å². The minimum Gasteiger partial charge on any atom is -0.497 e. The molecule has 8 nitrogen and oxygen atoms in total. The molecule has 3 aliphatic rings. The van der Waals surface area contributed by atoms with Crippen molar-refractivity contribution in [3.05, 3.63) is 52.1 Å². The first-order valence-electron chi connectivity index (χ1n) is 9.81. The van der Waals surface area contributed by atoms with Crippen LogP contribution in [-0.2, 0) is 14.3 Å². The van der Waals surface area contributed by atoms with Crippen molar-refractivity contribution in [2.24, 2.45) is 5.41 Å². The molecule has 1 atom stereocenters. The number of rotatable bonds is 3. The lowest BCUT2D eigenvalue weighted by Crippen LogP contribution is -2.39. The van der Waals surface area contributed by atoms with E-state index in [-0.39, 0.29) is 18.3 Å². The molecule has 1 unspecified atom stereocenters. The maximum atomic E-state index is 13.2. The summed E-state index contributed by atoms with van der Waals surface area (Å²) in [5, 5.41) is 3.35. The van der Waals surface area contributed by atoms with Crippen LogP contribution in [0.5, 0.6) is 23.0 Å². The Kier molecular flexibility index (Phi) is 4.39. The van der Waals surface area contributed by atoms with Gasteiger partial charge in [-0.3, -0.25) is 4.18 Å². The van der Waals surface area contributed by atoms with Crippen molar-refractivity contribution in [2.45, 2.75) is 19.8 Å². The molecule has 0 aromatic heterocycles. The van der Waals surface area contributed by atoms with Gasteiger partial charge in [0.25, 0.3) is 10.1 Å². The van der Waals surface area contributed by atoms with Crippen LogP contribution in [0.4, 0.5) is 5.69 Å². The molecule has 31 heavy (non-hydrogen) atoms.